The van der Waals surface area contributed by atoms with E-state index >= 15 is 0 Å². The van der Waals surface area contributed by atoms with Gasteiger partial charge in [-0.3, -0.25) is 4.57 Å². The normalized spacial score (nSPS) is 12.7. The zero-order valence-electron chi connectivity index (χ0n) is 34.3. The van der Waals surface area contributed by atoms with E-state index < -0.39 is 47.0 Å². The van der Waals surface area contributed by atoms with Gasteiger partial charge >= 0.3 is 24.7 Å². The number of fused-ring (bicyclic) bond motifs is 6. The van der Waals surface area contributed by atoms with Gasteiger partial charge in [-0.1, -0.05) is 72.8 Å². The molecule has 10 aromatic rings. The Morgan fingerprint density at radius 2 is 0.779 bits per heavy atom. The lowest BCUT2D eigenvalue weighted by Crippen LogP contribution is -2.11. The third kappa shape index (κ3) is 7.63. The maximum atomic E-state index is 14.0. The van der Waals surface area contributed by atoms with Crippen molar-refractivity contribution in [1.82, 2.24) is 14.1 Å². The monoisotopic (exact) mass is 934 g/mol. The molecule has 0 unspecified atom stereocenters. The van der Waals surface area contributed by atoms with Gasteiger partial charge in [-0.15, -0.1) is 0 Å². The summed E-state index contributed by atoms with van der Waals surface area (Å²) in [5.41, 5.74) is -2.84. The summed E-state index contributed by atoms with van der Waals surface area (Å²) in [5, 5.41) is 12.2. The first-order chi connectivity index (χ1) is 32.2. The van der Waals surface area contributed by atoms with Crippen LogP contribution in [0.15, 0.2) is 158 Å². The molecule has 4 nitrogen and oxygen atoms in total. The van der Waals surface area contributed by atoms with Crippen LogP contribution in [0.5, 0.6) is 0 Å². The first-order valence-corrected chi connectivity index (χ1v) is 20.3. The molecule has 3 aromatic heterocycles. The Morgan fingerprint density at radius 3 is 1.22 bits per heavy atom. The van der Waals surface area contributed by atoms with E-state index in [0.717, 1.165) is 0 Å². The van der Waals surface area contributed by atoms with Crippen molar-refractivity contribution >= 4 is 43.6 Å². The van der Waals surface area contributed by atoms with Gasteiger partial charge in [0.25, 0.3) is 0 Å². The number of rotatable bonds is 5. The number of aromatic nitrogens is 3. The number of halogens is 12. The highest BCUT2D eigenvalue weighted by Crippen LogP contribution is 2.44. The van der Waals surface area contributed by atoms with E-state index in [9.17, 15) is 57.9 Å². The second-order valence-corrected chi connectivity index (χ2v) is 16.0. The van der Waals surface area contributed by atoms with Crippen molar-refractivity contribution in [3.63, 3.8) is 0 Å². The van der Waals surface area contributed by atoms with Gasteiger partial charge in [0.05, 0.1) is 67.8 Å². The zero-order chi connectivity index (χ0) is 48.1. The standard InChI is InChI=1S/C52H26F12N4/c53-49(54,55)34-17-32(18-35(23-34)50(56,57)58)30-13-15-40-38-5-1-3-7-43(38)67(45(40)21-30)47-27-66-48(25-42(47)29-11-9-28(26-65)10-12-29)68-44-8-4-2-6-39(44)41-16-14-31(22-46(41)68)33-19-36(51(59,60)61)24-37(20-33)52(62,63)64/h1-25,27H. The summed E-state index contributed by atoms with van der Waals surface area (Å²) in [6.45, 7) is 0. The summed E-state index contributed by atoms with van der Waals surface area (Å²) in [4.78, 5) is 4.91. The minimum atomic E-state index is -5.09. The smallest absolute Gasteiger partial charge is 0.307 e. The fourth-order valence-electron chi connectivity index (χ4n) is 8.74. The van der Waals surface area contributed by atoms with Crippen LogP contribution in [0, 0.1) is 11.3 Å². The van der Waals surface area contributed by atoms with Crippen molar-refractivity contribution in [1.29, 1.82) is 5.26 Å². The Balaban J connectivity index is 1.23. The molecule has 0 radical (unpaired) electrons. The van der Waals surface area contributed by atoms with Crippen molar-refractivity contribution in [3.05, 3.63) is 186 Å². The number of nitriles is 1. The van der Waals surface area contributed by atoms with Gasteiger partial charge in [0.15, 0.2) is 0 Å². The third-order valence-corrected chi connectivity index (χ3v) is 11.9. The molecule has 0 aliphatic heterocycles. The van der Waals surface area contributed by atoms with Crippen molar-refractivity contribution in [3.8, 4) is 51.0 Å². The highest BCUT2D eigenvalue weighted by atomic mass is 19.4. The van der Waals surface area contributed by atoms with Gasteiger partial charge in [0.1, 0.15) is 5.82 Å². The molecule has 0 saturated carbocycles. The van der Waals surface area contributed by atoms with E-state index in [1.54, 1.807) is 100 Å². The minimum absolute atomic E-state index is 0.0475. The minimum Gasteiger partial charge on any atom is -0.307 e. The van der Waals surface area contributed by atoms with Crippen LogP contribution >= 0.6 is 0 Å². The Morgan fingerprint density at radius 1 is 0.382 bits per heavy atom. The molecule has 0 aliphatic carbocycles. The van der Waals surface area contributed by atoms with E-state index in [-0.39, 0.29) is 40.2 Å². The molecular formula is C52H26F12N4. The number of benzene rings is 7. The number of pyridine rings is 1. The van der Waals surface area contributed by atoms with Crippen molar-refractivity contribution in [2.45, 2.75) is 24.7 Å². The summed E-state index contributed by atoms with van der Waals surface area (Å²) in [6, 6.07) is 36.3. The Labute approximate surface area is 376 Å². The fourth-order valence-corrected chi connectivity index (χ4v) is 8.74. The molecule has 3 heterocycles. The Bertz CT molecular complexity index is 3630. The molecule has 0 fully saturated rings. The predicted molar refractivity (Wildman–Crippen MR) is 234 cm³/mol. The van der Waals surface area contributed by atoms with Crippen LogP contribution in [0.25, 0.3) is 88.5 Å². The van der Waals surface area contributed by atoms with Crippen LogP contribution in [0.2, 0.25) is 0 Å². The maximum absolute atomic E-state index is 14.0. The first-order valence-electron chi connectivity index (χ1n) is 20.3. The second-order valence-electron chi connectivity index (χ2n) is 16.0. The Kier molecular flexibility index (Phi) is 9.99. The van der Waals surface area contributed by atoms with Crippen LogP contribution in [0.3, 0.4) is 0 Å². The van der Waals surface area contributed by atoms with Crippen LogP contribution in [0.4, 0.5) is 52.7 Å². The van der Waals surface area contributed by atoms with E-state index in [2.05, 4.69) is 6.07 Å². The van der Waals surface area contributed by atoms with Gasteiger partial charge < -0.3 is 4.57 Å². The quantitative estimate of drug-likeness (QED) is 0.161. The molecule has 0 atom stereocenters. The summed E-state index contributed by atoms with van der Waals surface area (Å²) in [6.07, 6.45) is -18.8. The number of nitrogens with zero attached hydrogens (tertiary/aromatic N) is 4. The molecule has 68 heavy (non-hydrogen) atoms. The second kappa shape index (κ2) is 15.5. The predicted octanol–water partition coefficient (Wildman–Crippen LogP) is 16.2. The summed E-state index contributed by atoms with van der Waals surface area (Å²) < 4.78 is 172. The zero-order valence-corrected chi connectivity index (χ0v) is 34.3. The van der Waals surface area contributed by atoms with Gasteiger partial charge in [0, 0.05) is 27.1 Å². The SMILES string of the molecule is N#Cc1ccc(-c2cc(-n3c4ccccc4c4ccc(-c5cc(C(F)(F)F)cc(C(F)(F)F)c5)cc43)ncc2-n2c3ccccc3c3ccc(-c4cc(C(F)(F)F)cc(C(F)(F)F)c4)cc32)cc1. The largest absolute Gasteiger partial charge is 0.416 e. The lowest BCUT2D eigenvalue weighted by Gasteiger charge is -2.17. The average molecular weight is 935 g/mol. The van der Waals surface area contributed by atoms with E-state index in [4.69, 9.17) is 4.98 Å². The van der Waals surface area contributed by atoms with Crippen LogP contribution in [-0.4, -0.2) is 14.1 Å². The molecular weight excluding hydrogens is 909 g/mol. The average Bonchev–Trinajstić information content (AvgIpc) is 3.82. The highest BCUT2D eigenvalue weighted by Gasteiger charge is 2.38. The van der Waals surface area contributed by atoms with Crippen molar-refractivity contribution < 1.29 is 52.7 Å². The first kappa shape index (κ1) is 43.8. The third-order valence-electron chi connectivity index (χ3n) is 11.9. The van der Waals surface area contributed by atoms with Crippen molar-refractivity contribution in [2.75, 3.05) is 0 Å². The lowest BCUT2D eigenvalue weighted by atomic mass is 9.98. The van der Waals surface area contributed by atoms with E-state index in [1.165, 1.54) is 30.5 Å². The fraction of sp³-hybridized carbons (Fsp3) is 0.0769. The molecule has 0 N–H and O–H groups in total. The maximum Gasteiger partial charge on any atom is 0.416 e. The topological polar surface area (TPSA) is 46.5 Å². The molecule has 0 saturated heterocycles. The number of para-hydroxylation sites is 2. The molecule has 7 aromatic carbocycles. The van der Waals surface area contributed by atoms with Gasteiger partial charge in [-0.05, 0) is 107 Å². The summed E-state index contributed by atoms with van der Waals surface area (Å²) in [7, 11) is 0. The van der Waals surface area contributed by atoms with Gasteiger partial charge in [-0.25, -0.2) is 4.98 Å². The number of hydrogen-bond donors (Lipinski definition) is 0. The van der Waals surface area contributed by atoms with Gasteiger partial charge in [0.2, 0.25) is 0 Å². The molecule has 16 heteroatoms. The number of hydrogen-bond acceptors (Lipinski definition) is 2. The molecule has 0 spiro atoms. The lowest BCUT2D eigenvalue weighted by molar-refractivity contribution is -0.144. The molecule has 0 bridgehead atoms. The molecule has 338 valence electrons. The molecule has 0 aliphatic rings. The van der Waals surface area contributed by atoms with Crippen LogP contribution in [-0.2, 0) is 24.7 Å². The van der Waals surface area contributed by atoms with Crippen molar-refractivity contribution in [2.24, 2.45) is 0 Å². The number of alkyl halides is 12. The molecule has 10 rings (SSSR count). The summed E-state index contributed by atoms with van der Waals surface area (Å²) >= 11 is 0. The highest BCUT2D eigenvalue weighted by molar-refractivity contribution is 6.12. The summed E-state index contributed by atoms with van der Waals surface area (Å²) in [5.74, 6) is 0.251. The van der Waals surface area contributed by atoms with Gasteiger partial charge in [-0.2, -0.15) is 57.9 Å². The van der Waals surface area contributed by atoms with E-state index in [0.29, 0.717) is 90.3 Å². The van der Waals surface area contributed by atoms with Crippen LogP contribution in [0.1, 0.15) is 27.8 Å². The van der Waals surface area contributed by atoms with E-state index in [1.807, 2.05) is 0 Å². The van der Waals surface area contributed by atoms with Crippen LogP contribution < -0.4 is 0 Å². The molecule has 0 amide bonds. The Hall–Kier alpha value is -8.06.